The van der Waals surface area contributed by atoms with Crippen molar-refractivity contribution in [3.8, 4) is 0 Å². The standard InChI is InChI=1S/C18H23NO6/c1-3-9-22-18-14(19-11(2)20)15(21)16-13(24-18)10-23-17(25-16)12-7-5-4-6-8-12/h3-8,13-18,21H,1,9-10H2,2H3,(H,19,20)/t13-,14-,15-,16-,17+,18+/m1/s1. The first kappa shape index (κ1) is 18.0. The highest BCUT2D eigenvalue weighted by atomic mass is 16.7. The van der Waals surface area contributed by atoms with E-state index in [4.69, 9.17) is 18.9 Å². The molecular weight excluding hydrogens is 326 g/mol. The molecule has 2 aliphatic rings. The second-order valence-corrected chi connectivity index (χ2v) is 6.06. The predicted octanol–water partition coefficient (Wildman–Crippen LogP) is 0.894. The number of hydrogen-bond acceptors (Lipinski definition) is 6. The lowest BCUT2D eigenvalue weighted by atomic mass is 9.95. The van der Waals surface area contributed by atoms with Gasteiger partial charge in [-0.2, -0.15) is 0 Å². The summed E-state index contributed by atoms with van der Waals surface area (Å²) in [6, 6.07) is 8.73. The number of aliphatic hydroxyl groups is 1. The second kappa shape index (κ2) is 8.07. The molecule has 0 spiro atoms. The minimum absolute atomic E-state index is 0.235. The molecule has 6 atom stereocenters. The zero-order chi connectivity index (χ0) is 17.8. The number of carbonyl (C=O) groups is 1. The van der Waals surface area contributed by atoms with E-state index in [-0.39, 0.29) is 19.1 Å². The number of nitrogens with one attached hydrogen (secondary N) is 1. The number of aliphatic hydroxyl groups excluding tert-OH is 1. The van der Waals surface area contributed by atoms with E-state index in [0.29, 0.717) is 0 Å². The van der Waals surface area contributed by atoms with Crippen molar-refractivity contribution < 1.29 is 28.8 Å². The molecule has 1 aromatic rings. The molecule has 0 aliphatic carbocycles. The fraction of sp³-hybridized carbons (Fsp3) is 0.500. The quantitative estimate of drug-likeness (QED) is 0.768. The lowest BCUT2D eigenvalue weighted by Crippen LogP contribution is -2.66. The van der Waals surface area contributed by atoms with Crippen molar-refractivity contribution in [2.45, 2.75) is 43.9 Å². The van der Waals surface area contributed by atoms with Gasteiger partial charge in [-0.1, -0.05) is 36.4 Å². The van der Waals surface area contributed by atoms with Crippen molar-refractivity contribution in [2.24, 2.45) is 0 Å². The van der Waals surface area contributed by atoms with Crippen molar-refractivity contribution in [1.82, 2.24) is 5.32 Å². The fourth-order valence-corrected chi connectivity index (χ4v) is 3.07. The van der Waals surface area contributed by atoms with Crippen LogP contribution in [0.5, 0.6) is 0 Å². The molecule has 25 heavy (non-hydrogen) atoms. The maximum Gasteiger partial charge on any atom is 0.217 e. The first-order valence-electron chi connectivity index (χ1n) is 8.25. The number of ether oxygens (including phenoxy) is 4. The number of rotatable bonds is 5. The second-order valence-electron chi connectivity index (χ2n) is 6.06. The van der Waals surface area contributed by atoms with E-state index >= 15 is 0 Å². The summed E-state index contributed by atoms with van der Waals surface area (Å²) in [6.45, 7) is 5.46. The van der Waals surface area contributed by atoms with E-state index in [9.17, 15) is 9.90 Å². The topological polar surface area (TPSA) is 86.2 Å². The molecule has 0 bridgehead atoms. The first-order valence-corrected chi connectivity index (χ1v) is 8.25. The van der Waals surface area contributed by atoms with E-state index in [2.05, 4.69) is 11.9 Å². The van der Waals surface area contributed by atoms with E-state index in [0.717, 1.165) is 5.56 Å². The Kier molecular flexibility index (Phi) is 5.82. The molecular formula is C18H23NO6. The van der Waals surface area contributed by atoms with Crippen LogP contribution in [0.1, 0.15) is 18.8 Å². The van der Waals surface area contributed by atoms with Crippen molar-refractivity contribution in [2.75, 3.05) is 13.2 Å². The lowest BCUT2D eigenvalue weighted by molar-refractivity contribution is -0.343. The highest BCUT2D eigenvalue weighted by molar-refractivity contribution is 5.73. The van der Waals surface area contributed by atoms with Crippen LogP contribution in [0.2, 0.25) is 0 Å². The molecule has 3 rings (SSSR count). The summed E-state index contributed by atoms with van der Waals surface area (Å²) in [5, 5.41) is 13.5. The smallest absolute Gasteiger partial charge is 0.217 e. The van der Waals surface area contributed by atoms with Gasteiger partial charge in [0.05, 0.1) is 13.2 Å². The normalized spacial score (nSPS) is 34.8. The fourth-order valence-electron chi connectivity index (χ4n) is 3.07. The summed E-state index contributed by atoms with van der Waals surface area (Å²) in [6.07, 6.45) is -1.95. The SMILES string of the molecule is C=CCO[C@H]1O[C@@H]2CO[C@H](c3ccccc3)O[C@H]2[C@H](O)[C@H]1NC(C)=O. The van der Waals surface area contributed by atoms with Gasteiger partial charge in [0.1, 0.15) is 24.4 Å². The van der Waals surface area contributed by atoms with E-state index in [1.165, 1.54) is 6.92 Å². The monoisotopic (exact) mass is 349 g/mol. The number of benzene rings is 1. The summed E-state index contributed by atoms with van der Waals surface area (Å²) < 4.78 is 23.1. The Morgan fingerprint density at radius 3 is 2.84 bits per heavy atom. The first-order chi connectivity index (χ1) is 12.1. The van der Waals surface area contributed by atoms with Crippen molar-refractivity contribution in [1.29, 1.82) is 0 Å². The lowest BCUT2D eigenvalue weighted by Gasteiger charge is -2.47. The third-order valence-electron chi connectivity index (χ3n) is 4.19. The predicted molar refractivity (Wildman–Crippen MR) is 88.4 cm³/mol. The molecule has 0 saturated carbocycles. The maximum absolute atomic E-state index is 11.5. The van der Waals surface area contributed by atoms with Crippen LogP contribution in [0.15, 0.2) is 43.0 Å². The molecule has 7 nitrogen and oxygen atoms in total. The summed E-state index contributed by atoms with van der Waals surface area (Å²) in [7, 11) is 0. The molecule has 2 heterocycles. The van der Waals surface area contributed by atoms with Crippen molar-refractivity contribution in [3.63, 3.8) is 0 Å². The van der Waals surface area contributed by atoms with E-state index < -0.39 is 36.9 Å². The maximum atomic E-state index is 11.5. The Hall–Kier alpha value is -1.77. The molecule has 1 aromatic carbocycles. The van der Waals surface area contributed by atoms with Crippen LogP contribution in [-0.4, -0.2) is 54.9 Å². The van der Waals surface area contributed by atoms with Crippen molar-refractivity contribution in [3.05, 3.63) is 48.6 Å². The highest BCUT2D eigenvalue weighted by Gasteiger charge is 2.50. The zero-order valence-corrected chi connectivity index (χ0v) is 14.0. The van der Waals surface area contributed by atoms with Crippen LogP contribution in [0, 0.1) is 0 Å². The Balaban J connectivity index is 1.75. The molecule has 0 unspecified atom stereocenters. The Morgan fingerprint density at radius 2 is 2.16 bits per heavy atom. The van der Waals surface area contributed by atoms with Gasteiger partial charge in [0.15, 0.2) is 12.6 Å². The summed E-state index contributed by atoms with van der Waals surface area (Å²) in [4.78, 5) is 11.5. The van der Waals surface area contributed by atoms with Crippen LogP contribution >= 0.6 is 0 Å². The van der Waals surface area contributed by atoms with Crippen LogP contribution in [0.4, 0.5) is 0 Å². The Labute approximate surface area is 146 Å². The molecule has 7 heteroatoms. The third kappa shape index (κ3) is 4.08. The van der Waals surface area contributed by atoms with Gasteiger partial charge in [-0.15, -0.1) is 6.58 Å². The summed E-state index contributed by atoms with van der Waals surface area (Å²) >= 11 is 0. The largest absolute Gasteiger partial charge is 0.388 e. The van der Waals surface area contributed by atoms with Crippen LogP contribution in [0.3, 0.4) is 0 Å². The Morgan fingerprint density at radius 1 is 1.40 bits per heavy atom. The van der Waals surface area contributed by atoms with Crippen LogP contribution in [-0.2, 0) is 23.7 Å². The number of amides is 1. The van der Waals surface area contributed by atoms with E-state index in [1.807, 2.05) is 30.3 Å². The van der Waals surface area contributed by atoms with Gasteiger partial charge in [-0.3, -0.25) is 4.79 Å². The van der Waals surface area contributed by atoms with Gasteiger partial charge in [0.2, 0.25) is 5.91 Å². The number of hydrogen-bond donors (Lipinski definition) is 2. The van der Waals surface area contributed by atoms with E-state index in [1.54, 1.807) is 6.08 Å². The summed E-state index contributed by atoms with van der Waals surface area (Å²) in [5.41, 5.74) is 0.856. The van der Waals surface area contributed by atoms with Crippen LogP contribution < -0.4 is 5.32 Å². The average Bonchev–Trinajstić information content (AvgIpc) is 2.63. The molecule has 0 aromatic heterocycles. The van der Waals surface area contributed by atoms with Gasteiger partial charge in [0.25, 0.3) is 0 Å². The van der Waals surface area contributed by atoms with Gasteiger partial charge in [0, 0.05) is 12.5 Å². The molecule has 2 N–H and O–H groups in total. The van der Waals surface area contributed by atoms with Gasteiger partial charge in [-0.05, 0) is 0 Å². The Bertz CT molecular complexity index is 594. The zero-order valence-electron chi connectivity index (χ0n) is 14.0. The summed E-state index contributed by atoms with van der Waals surface area (Å²) in [5.74, 6) is -0.287. The molecule has 0 radical (unpaired) electrons. The van der Waals surface area contributed by atoms with Gasteiger partial charge in [-0.25, -0.2) is 0 Å². The number of carbonyl (C=O) groups excluding carboxylic acids is 1. The van der Waals surface area contributed by atoms with Crippen LogP contribution in [0.25, 0.3) is 0 Å². The molecule has 2 fully saturated rings. The van der Waals surface area contributed by atoms with Gasteiger partial charge >= 0.3 is 0 Å². The molecule has 2 aliphatic heterocycles. The molecule has 2 saturated heterocycles. The minimum Gasteiger partial charge on any atom is -0.388 e. The highest BCUT2D eigenvalue weighted by Crippen LogP contribution is 2.34. The average molecular weight is 349 g/mol. The minimum atomic E-state index is -0.993. The third-order valence-corrected chi connectivity index (χ3v) is 4.19. The van der Waals surface area contributed by atoms with Gasteiger partial charge < -0.3 is 29.4 Å². The van der Waals surface area contributed by atoms with Crippen molar-refractivity contribution >= 4 is 5.91 Å². The molecule has 1 amide bonds. The number of fused-ring (bicyclic) bond motifs is 1. The molecule has 136 valence electrons.